The third kappa shape index (κ3) is 8.93. The molecule has 0 heterocycles. The normalized spacial score (nSPS) is 6.50. The molecule has 1 nitrogen and oxygen atoms in total. The van der Waals surface area contributed by atoms with E-state index >= 15 is 0 Å². The van der Waals surface area contributed by atoms with Crippen LogP contribution >= 0.6 is 0 Å². The Kier molecular flexibility index (Phi) is 7.80. The first-order valence-corrected chi connectivity index (χ1v) is 1.29. The molecule has 0 amide bonds. The second kappa shape index (κ2) is 6.13. The first-order valence-electron chi connectivity index (χ1n) is 1.29. The van der Waals surface area contributed by atoms with Crippen LogP contribution in [-0.2, 0) is 4.79 Å². The lowest BCUT2D eigenvalue weighted by atomic mass is 11.1. The standard InChI is InChI=1S/C2F4.CH2O/c3-1(4)2(5)6;1-2/h;1H2. The summed E-state index contributed by atoms with van der Waals surface area (Å²) < 4.78 is 41.1. The van der Waals surface area contributed by atoms with E-state index in [1.54, 1.807) is 0 Å². The Morgan fingerprint density at radius 2 is 1.00 bits per heavy atom. The molecule has 0 aromatic carbocycles. The van der Waals surface area contributed by atoms with Gasteiger partial charge in [-0.25, -0.2) is 0 Å². The van der Waals surface area contributed by atoms with Gasteiger partial charge in [0.25, 0.3) is 0 Å². The first kappa shape index (κ1) is 10.2. The number of carbonyl (C=O) groups is 1. The van der Waals surface area contributed by atoms with Gasteiger partial charge in [0, 0.05) is 0 Å². The molecular weight excluding hydrogens is 128 g/mol. The van der Waals surface area contributed by atoms with Crippen LogP contribution in [0.5, 0.6) is 0 Å². The highest BCUT2D eigenvalue weighted by Crippen LogP contribution is 2.08. The van der Waals surface area contributed by atoms with Crippen LogP contribution in [0.25, 0.3) is 0 Å². The van der Waals surface area contributed by atoms with Gasteiger partial charge in [0.05, 0.1) is 0 Å². The lowest BCUT2D eigenvalue weighted by molar-refractivity contribution is -0.0979. The molecule has 0 rings (SSSR count). The van der Waals surface area contributed by atoms with E-state index in [0.29, 0.717) is 0 Å². The SMILES string of the molecule is C=O.FC(F)=C(F)F. The van der Waals surface area contributed by atoms with Crippen molar-refractivity contribution >= 4 is 6.79 Å². The van der Waals surface area contributed by atoms with Gasteiger partial charge in [0.1, 0.15) is 6.79 Å². The average molecular weight is 130 g/mol. The Morgan fingerprint density at radius 3 is 1.00 bits per heavy atom. The Hall–Kier alpha value is -0.870. The van der Waals surface area contributed by atoms with Gasteiger partial charge in [-0.05, 0) is 0 Å². The summed E-state index contributed by atoms with van der Waals surface area (Å²) >= 11 is 0. The average Bonchev–Trinajstić information content (AvgIpc) is 1.72. The molecule has 48 valence electrons. The summed E-state index contributed by atoms with van der Waals surface area (Å²) in [6, 6.07) is 0. The molecule has 5 heteroatoms. The van der Waals surface area contributed by atoms with Gasteiger partial charge in [0.2, 0.25) is 0 Å². The number of hydrogen-bond donors (Lipinski definition) is 0. The molecule has 0 saturated heterocycles. The summed E-state index contributed by atoms with van der Waals surface area (Å²) in [5.74, 6) is 0. The molecule has 0 aliphatic rings. The van der Waals surface area contributed by atoms with E-state index in [-0.39, 0.29) is 0 Å². The van der Waals surface area contributed by atoms with Gasteiger partial charge in [0.15, 0.2) is 0 Å². The third-order valence-corrected chi connectivity index (χ3v) is 0.143. The summed E-state index contributed by atoms with van der Waals surface area (Å²) in [7, 11) is 0. The fraction of sp³-hybridized carbons (Fsp3) is 0. The summed E-state index contributed by atoms with van der Waals surface area (Å²) in [5, 5.41) is 0. The summed E-state index contributed by atoms with van der Waals surface area (Å²) in [5.41, 5.74) is 0. The predicted molar refractivity (Wildman–Crippen MR) is 18.6 cm³/mol. The fourth-order valence-electron chi connectivity index (χ4n) is 0. The quantitative estimate of drug-likeness (QED) is 0.457. The van der Waals surface area contributed by atoms with Gasteiger partial charge >= 0.3 is 12.2 Å². The lowest BCUT2D eigenvalue weighted by Crippen LogP contribution is -1.56. The Balaban J connectivity index is 0. The number of hydrogen-bond acceptors (Lipinski definition) is 1. The van der Waals surface area contributed by atoms with Gasteiger partial charge in [-0.1, -0.05) is 0 Å². The minimum Gasteiger partial charge on any atom is -0.307 e. The highest BCUT2D eigenvalue weighted by Gasteiger charge is 1.98. The molecule has 0 aromatic rings. The van der Waals surface area contributed by atoms with Gasteiger partial charge in [-0.3, -0.25) is 0 Å². The molecule has 0 spiro atoms. The van der Waals surface area contributed by atoms with Crippen molar-refractivity contribution < 1.29 is 22.4 Å². The summed E-state index contributed by atoms with van der Waals surface area (Å²) in [4.78, 5) is 8.00. The molecular formula is C3H2F4O. The monoisotopic (exact) mass is 130 g/mol. The molecule has 0 unspecified atom stereocenters. The zero-order chi connectivity index (χ0) is 7.15. The molecule has 0 saturated carbocycles. The van der Waals surface area contributed by atoms with Gasteiger partial charge in [-0.15, -0.1) is 0 Å². The fourth-order valence-corrected chi connectivity index (χ4v) is 0. The van der Waals surface area contributed by atoms with E-state index in [1.807, 2.05) is 6.79 Å². The van der Waals surface area contributed by atoms with Gasteiger partial charge < -0.3 is 4.79 Å². The van der Waals surface area contributed by atoms with Crippen LogP contribution in [0, 0.1) is 0 Å². The third-order valence-electron chi connectivity index (χ3n) is 0.143. The Labute approximate surface area is 42.6 Å². The van der Waals surface area contributed by atoms with Crippen LogP contribution in [0.3, 0.4) is 0 Å². The van der Waals surface area contributed by atoms with E-state index in [2.05, 4.69) is 0 Å². The Morgan fingerprint density at radius 1 is 0.875 bits per heavy atom. The van der Waals surface area contributed by atoms with Crippen molar-refractivity contribution in [1.29, 1.82) is 0 Å². The zero-order valence-corrected chi connectivity index (χ0v) is 3.63. The van der Waals surface area contributed by atoms with E-state index in [4.69, 9.17) is 4.79 Å². The van der Waals surface area contributed by atoms with E-state index in [0.717, 1.165) is 0 Å². The van der Waals surface area contributed by atoms with Crippen molar-refractivity contribution in [3.8, 4) is 0 Å². The van der Waals surface area contributed by atoms with Crippen LogP contribution in [-0.4, -0.2) is 6.79 Å². The highest BCUT2D eigenvalue weighted by atomic mass is 19.3. The van der Waals surface area contributed by atoms with Crippen molar-refractivity contribution in [2.45, 2.75) is 0 Å². The second-order valence-corrected chi connectivity index (χ2v) is 0.521. The number of carbonyl (C=O) groups excluding carboxylic acids is 1. The van der Waals surface area contributed by atoms with Crippen LogP contribution in [0.15, 0.2) is 12.2 Å². The first-order chi connectivity index (χ1) is 3.64. The maximum Gasteiger partial charge on any atom is 0.334 e. The van der Waals surface area contributed by atoms with Crippen LogP contribution in [0.1, 0.15) is 0 Å². The lowest BCUT2D eigenvalue weighted by Gasteiger charge is -1.69. The number of rotatable bonds is 0. The van der Waals surface area contributed by atoms with E-state index < -0.39 is 12.2 Å². The minimum atomic E-state index is -2.91. The van der Waals surface area contributed by atoms with Crippen LogP contribution < -0.4 is 0 Å². The van der Waals surface area contributed by atoms with Crippen molar-refractivity contribution in [2.24, 2.45) is 0 Å². The Bertz CT molecular complexity index is 71.3. The highest BCUT2D eigenvalue weighted by molar-refractivity contribution is 5.10. The van der Waals surface area contributed by atoms with E-state index in [9.17, 15) is 17.6 Å². The molecule has 0 fully saturated rings. The summed E-state index contributed by atoms with van der Waals surface area (Å²) in [6.45, 7) is 2.00. The zero-order valence-electron chi connectivity index (χ0n) is 3.63. The molecule has 0 atom stereocenters. The molecule has 0 N–H and O–H groups in total. The van der Waals surface area contributed by atoms with Crippen molar-refractivity contribution in [3.63, 3.8) is 0 Å². The van der Waals surface area contributed by atoms with Crippen molar-refractivity contribution in [1.82, 2.24) is 0 Å². The maximum absolute atomic E-state index is 10.3. The molecule has 0 aromatic heterocycles. The van der Waals surface area contributed by atoms with Crippen LogP contribution in [0.4, 0.5) is 17.6 Å². The van der Waals surface area contributed by atoms with E-state index in [1.165, 1.54) is 0 Å². The molecule has 8 heavy (non-hydrogen) atoms. The largest absolute Gasteiger partial charge is 0.334 e. The topological polar surface area (TPSA) is 17.1 Å². The molecule has 0 bridgehead atoms. The predicted octanol–water partition coefficient (Wildman–Crippen LogP) is 1.81. The molecule has 0 radical (unpaired) electrons. The minimum absolute atomic E-state index is 2.00. The van der Waals surface area contributed by atoms with Crippen LogP contribution in [0.2, 0.25) is 0 Å². The maximum atomic E-state index is 10.3. The number of halogens is 4. The summed E-state index contributed by atoms with van der Waals surface area (Å²) in [6.07, 6.45) is -5.81. The van der Waals surface area contributed by atoms with Gasteiger partial charge in [-0.2, -0.15) is 17.6 Å². The molecule has 0 aliphatic carbocycles. The second-order valence-electron chi connectivity index (χ2n) is 0.521. The molecule has 0 aliphatic heterocycles. The smallest absolute Gasteiger partial charge is 0.307 e. The van der Waals surface area contributed by atoms with Crippen molar-refractivity contribution in [3.05, 3.63) is 12.2 Å². The van der Waals surface area contributed by atoms with Crippen molar-refractivity contribution in [2.75, 3.05) is 0 Å².